The van der Waals surface area contributed by atoms with E-state index in [1.54, 1.807) is 12.1 Å². The molecule has 0 saturated heterocycles. The van der Waals surface area contributed by atoms with Crippen LogP contribution in [0.5, 0.6) is 0 Å². The van der Waals surface area contributed by atoms with Gasteiger partial charge in [0, 0.05) is 6.54 Å². The van der Waals surface area contributed by atoms with Gasteiger partial charge in [0.05, 0.1) is 11.4 Å². The lowest BCUT2D eigenvalue weighted by Gasteiger charge is -2.17. The van der Waals surface area contributed by atoms with Crippen LogP contribution in [0.2, 0.25) is 0 Å². The first-order chi connectivity index (χ1) is 12.5. The van der Waals surface area contributed by atoms with Crippen LogP contribution in [0.3, 0.4) is 0 Å². The molecule has 1 amide bonds. The minimum absolute atomic E-state index is 0.224. The Labute approximate surface area is 156 Å². The molecule has 3 rings (SSSR count). The second kappa shape index (κ2) is 8.82. The van der Waals surface area contributed by atoms with Crippen molar-refractivity contribution in [2.75, 3.05) is 13.1 Å². The van der Waals surface area contributed by atoms with Gasteiger partial charge in [-0.25, -0.2) is 13.1 Å². The monoisotopic (exact) mass is 376 g/mol. The molecule has 2 N–H and O–H groups in total. The summed E-state index contributed by atoms with van der Waals surface area (Å²) in [5, 5.41) is 2.80. The quantitative estimate of drug-likeness (QED) is 0.719. The van der Waals surface area contributed by atoms with Crippen LogP contribution in [0.25, 0.3) is 0 Å². The number of hydrogen-bond donors (Lipinski definition) is 2. The van der Waals surface area contributed by atoms with Crippen molar-refractivity contribution in [3.63, 3.8) is 0 Å². The van der Waals surface area contributed by atoms with Crippen LogP contribution in [0, 0.1) is 0 Å². The van der Waals surface area contributed by atoms with Gasteiger partial charge in [-0.05, 0) is 81.0 Å². The van der Waals surface area contributed by atoms with Gasteiger partial charge in [-0.1, -0.05) is 17.7 Å². The molecule has 5 nitrogen and oxygen atoms in total. The standard InChI is InChI=1S/C20H28N2O3S/c23-20(21-13-12-16-6-2-1-3-7-16)15-22-26(24,25)19-11-10-17-8-4-5-9-18(17)14-19/h6,10-11,14,22H,1-5,7-9,12-13,15H2,(H,21,23). The summed E-state index contributed by atoms with van der Waals surface area (Å²) in [6.07, 6.45) is 12.0. The molecule has 1 aromatic rings. The van der Waals surface area contributed by atoms with Crippen molar-refractivity contribution in [3.8, 4) is 0 Å². The average Bonchev–Trinajstić information content (AvgIpc) is 2.67. The Balaban J connectivity index is 1.48. The van der Waals surface area contributed by atoms with Gasteiger partial charge in [0.1, 0.15) is 0 Å². The first-order valence-electron chi connectivity index (χ1n) is 9.61. The SMILES string of the molecule is O=C(CNS(=O)(=O)c1ccc2c(c1)CCCC2)NCCC1=CCCCC1. The Kier molecular flexibility index (Phi) is 6.48. The zero-order valence-electron chi connectivity index (χ0n) is 15.2. The van der Waals surface area contributed by atoms with Crippen LogP contribution in [0.4, 0.5) is 0 Å². The number of sulfonamides is 1. The minimum Gasteiger partial charge on any atom is -0.355 e. The Morgan fingerprint density at radius 1 is 1.00 bits per heavy atom. The van der Waals surface area contributed by atoms with E-state index < -0.39 is 10.0 Å². The predicted molar refractivity (Wildman–Crippen MR) is 102 cm³/mol. The summed E-state index contributed by atoms with van der Waals surface area (Å²) >= 11 is 0. The van der Waals surface area contributed by atoms with E-state index in [1.807, 2.05) is 6.07 Å². The fraction of sp³-hybridized carbons (Fsp3) is 0.550. The molecule has 0 radical (unpaired) electrons. The van der Waals surface area contributed by atoms with Crippen LogP contribution < -0.4 is 10.0 Å². The third-order valence-corrected chi connectivity index (χ3v) is 6.61. The van der Waals surface area contributed by atoms with E-state index in [0.717, 1.165) is 50.5 Å². The number of hydrogen-bond acceptors (Lipinski definition) is 3. The number of fused-ring (bicyclic) bond motifs is 1. The van der Waals surface area contributed by atoms with Gasteiger partial charge in [0.2, 0.25) is 15.9 Å². The zero-order chi connectivity index (χ0) is 18.4. The number of amides is 1. The molecule has 142 valence electrons. The maximum Gasteiger partial charge on any atom is 0.241 e. The Morgan fingerprint density at radius 2 is 1.77 bits per heavy atom. The second-order valence-corrected chi connectivity index (χ2v) is 8.94. The molecule has 1 aromatic carbocycles. The summed E-state index contributed by atoms with van der Waals surface area (Å²) in [6.45, 7) is 0.337. The molecule has 0 unspecified atom stereocenters. The predicted octanol–water partition coefficient (Wildman–Crippen LogP) is 2.85. The Hall–Kier alpha value is -1.66. The maximum atomic E-state index is 12.4. The first-order valence-corrected chi connectivity index (χ1v) is 11.1. The normalized spacial score (nSPS) is 17.3. The van der Waals surface area contributed by atoms with Crippen molar-refractivity contribution in [3.05, 3.63) is 41.0 Å². The molecule has 0 bridgehead atoms. The van der Waals surface area contributed by atoms with Gasteiger partial charge in [-0.2, -0.15) is 0 Å². The lowest BCUT2D eigenvalue weighted by atomic mass is 9.92. The molecular formula is C20H28N2O3S. The fourth-order valence-electron chi connectivity index (χ4n) is 3.68. The van der Waals surface area contributed by atoms with Crippen LogP contribution in [0.1, 0.15) is 56.1 Å². The van der Waals surface area contributed by atoms with Gasteiger partial charge < -0.3 is 5.32 Å². The molecule has 0 aromatic heterocycles. The smallest absolute Gasteiger partial charge is 0.241 e. The highest BCUT2D eigenvalue weighted by Gasteiger charge is 2.18. The third kappa shape index (κ3) is 5.17. The number of carbonyl (C=O) groups is 1. The summed E-state index contributed by atoms with van der Waals surface area (Å²) < 4.78 is 27.3. The molecule has 0 aliphatic heterocycles. The van der Waals surface area contributed by atoms with Gasteiger partial charge >= 0.3 is 0 Å². The second-order valence-electron chi connectivity index (χ2n) is 7.17. The van der Waals surface area contributed by atoms with Gasteiger partial charge in [0.15, 0.2) is 0 Å². The topological polar surface area (TPSA) is 75.3 Å². The van der Waals surface area contributed by atoms with Crippen molar-refractivity contribution in [2.24, 2.45) is 0 Å². The van der Waals surface area contributed by atoms with E-state index in [-0.39, 0.29) is 17.3 Å². The van der Waals surface area contributed by atoms with E-state index in [4.69, 9.17) is 0 Å². The number of carbonyl (C=O) groups excluding carboxylic acids is 1. The highest BCUT2D eigenvalue weighted by atomic mass is 32.2. The molecule has 0 fully saturated rings. The van der Waals surface area contributed by atoms with Crippen molar-refractivity contribution >= 4 is 15.9 Å². The lowest BCUT2D eigenvalue weighted by Crippen LogP contribution is -2.37. The third-order valence-electron chi connectivity index (χ3n) is 5.21. The van der Waals surface area contributed by atoms with Gasteiger partial charge in [-0.3, -0.25) is 4.79 Å². The van der Waals surface area contributed by atoms with Crippen molar-refractivity contribution in [2.45, 2.75) is 62.7 Å². The Morgan fingerprint density at radius 3 is 2.54 bits per heavy atom. The summed E-state index contributed by atoms with van der Waals surface area (Å²) in [7, 11) is -3.66. The van der Waals surface area contributed by atoms with Gasteiger partial charge in [0.25, 0.3) is 0 Å². The maximum absolute atomic E-state index is 12.4. The molecule has 0 heterocycles. The van der Waals surface area contributed by atoms with Crippen molar-refractivity contribution in [1.82, 2.24) is 10.0 Å². The number of nitrogens with one attached hydrogen (secondary N) is 2. The summed E-state index contributed by atoms with van der Waals surface area (Å²) in [5.74, 6) is -0.289. The summed E-state index contributed by atoms with van der Waals surface area (Å²) in [6, 6.07) is 5.30. The van der Waals surface area contributed by atoms with Crippen molar-refractivity contribution in [1.29, 1.82) is 0 Å². The highest BCUT2D eigenvalue weighted by Crippen LogP contribution is 2.24. The summed E-state index contributed by atoms with van der Waals surface area (Å²) in [5.41, 5.74) is 3.75. The summed E-state index contributed by atoms with van der Waals surface area (Å²) in [4.78, 5) is 12.2. The highest BCUT2D eigenvalue weighted by molar-refractivity contribution is 7.89. The largest absolute Gasteiger partial charge is 0.355 e. The van der Waals surface area contributed by atoms with Crippen LogP contribution in [-0.2, 0) is 27.7 Å². The number of benzene rings is 1. The molecule has 6 heteroatoms. The van der Waals surface area contributed by atoms with E-state index in [1.165, 1.54) is 24.0 Å². The van der Waals surface area contributed by atoms with E-state index >= 15 is 0 Å². The Bertz CT molecular complexity index is 784. The molecule has 0 saturated carbocycles. The van der Waals surface area contributed by atoms with Crippen LogP contribution in [0.15, 0.2) is 34.7 Å². The van der Waals surface area contributed by atoms with E-state index in [9.17, 15) is 13.2 Å². The van der Waals surface area contributed by atoms with Crippen LogP contribution >= 0.6 is 0 Å². The van der Waals surface area contributed by atoms with Crippen molar-refractivity contribution < 1.29 is 13.2 Å². The number of allylic oxidation sites excluding steroid dienone is 1. The average molecular weight is 377 g/mol. The molecule has 2 aliphatic carbocycles. The molecule has 0 atom stereocenters. The van der Waals surface area contributed by atoms with Gasteiger partial charge in [-0.15, -0.1) is 0 Å². The van der Waals surface area contributed by atoms with E-state index in [0.29, 0.717) is 6.54 Å². The molecule has 2 aliphatic rings. The zero-order valence-corrected chi connectivity index (χ0v) is 16.0. The molecule has 26 heavy (non-hydrogen) atoms. The number of rotatable bonds is 7. The molecular weight excluding hydrogens is 348 g/mol. The number of aryl methyl sites for hydroxylation is 2. The van der Waals surface area contributed by atoms with E-state index in [2.05, 4.69) is 16.1 Å². The molecule has 0 spiro atoms. The first kappa shape index (κ1) is 19.1. The minimum atomic E-state index is -3.66. The lowest BCUT2D eigenvalue weighted by molar-refractivity contribution is -0.119. The fourth-order valence-corrected chi connectivity index (χ4v) is 4.71. The van der Waals surface area contributed by atoms with Crippen LogP contribution in [-0.4, -0.2) is 27.4 Å².